The van der Waals surface area contributed by atoms with Crippen LogP contribution >= 0.6 is 0 Å². The summed E-state index contributed by atoms with van der Waals surface area (Å²) in [5.74, 6) is 0.795. The molecule has 1 atom stereocenters. The summed E-state index contributed by atoms with van der Waals surface area (Å²) in [6.07, 6.45) is 3.92. The standard InChI is InChI=1S/C10H22N2/c1-9(2)8-12-7-3-4-10(12)5-6-11/h9-10H,3-8,11H2,1-2H3. The third kappa shape index (κ3) is 2.76. The lowest BCUT2D eigenvalue weighted by Crippen LogP contribution is -2.34. The van der Waals surface area contributed by atoms with Gasteiger partial charge in [0, 0.05) is 12.6 Å². The second-order valence-electron chi connectivity index (χ2n) is 4.26. The highest BCUT2D eigenvalue weighted by molar-refractivity contribution is 4.79. The van der Waals surface area contributed by atoms with Crippen LogP contribution in [-0.2, 0) is 0 Å². The van der Waals surface area contributed by atoms with Crippen molar-refractivity contribution in [1.82, 2.24) is 4.90 Å². The van der Waals surface area contributed by atoms with Gasteiger partial charge in [-0.25, -0.2) is 0 Å². The van der Waals surface area contributed by atoms with E-state index in [-0.39, 0.29) is 0 Å². The quantitative estimate of drug-likeness (QED) is 0.692. The number of likely N-dealkylation sites (tertiary alicyclic amines) is 1. The molecule has 1 rings (SSSR count). The summed E-state index contributed by atoms with van der Waals surface area (Å²) in [6.45, 7) is 7.97. The molecule has 2 nitrogen and oxygen atoms in total. The van der Waals surface area contributed by atoms with Crippen LogP contribution in [0.15, 0.2) is 0 Å². The zero-order valence-corrected chi connectivity index (χ0v) is 8.42. The van der Waals surface area contributed by atoms with E-state index in [1.54, 1.807) is 0 Å². The first-order valence-corrected chi connectivity index (χ1v) is 5.18. The lowest BCUT2D eigenvalue weighted by Gasteiger charge is -2.25. The molecule has 1 saturated heterocycles. The smallest absolute Gasteiger partial charge is 0.0108 e. The zero-order valence-electron chi connectivity index (χ0n) is 8.42. The molecule has 0 spiro atoms. The molecule has 72 valence electrons. The lowest BCUT2D eigenvalue weighted by atomic mass is 10.1. The van der Waals surface area contributed by atoms with Crippen LogP contribution in [0.1, 0.15) is 33.1 Å². The van der Waals surface area contributed by atoms with Crippen LogP contribution in [0, 0.1) is 5.92 Å². The first kappa shape index (κ1) is 10.0. The molecule has 0 amide bonds. The average molecular weight is 170 g/mol. The summed E-state index contributed by atoms with van der Waals surface area (Å²) >= 11 is 0. The van der Waals surface area contributed by atoms with Crippen molar-refractivity contribution in [3.8, 4) is 0 Å². The first-order valence-electron chi connectivity index (χ1n) is 5.18. The highest BCUT2D eigenvalue weighted by Crippen LogP contribution is 2.20. The molecule has 0 radical (unpaired) electrons. The Labute approximate surface area is 76.1 Å². The van der Waals surface area contributed by atoms with E-state index in [4.69, 9.17) is 5.73 Å². The Morgan fingerprint density at radius 3 is 2.83 bits per heavy atom. The zero-order chi connectivity index (χ0) is 8.97. The van der Waals surface area contributed by atoms with E-state index in [0.717, 1.165) is 18.5 Å². The minimum Gasteiger partial charge on any atom is -0.330 e. The van der Waals surface area contributed by atoms with Gasteiger partial charge in [-0.2, -0.15) is 0 Å². The van der Waals surface area contributed by atoms with Crippen molar-refractivity contribution in [3.05, 3.63) is 0 Å². The van der Waals surface area contributed by atoms with Crippen molar-refractivity contribution >= 4 is 0 Å². The topological polar surface area (TPSA) is 29.3 Å². The van der Waals surface area contributed by atoms with E-state index in [1.165, 1.54) is 32.4 Å². The van der Waals surface area contributed by atoms with E-state index in [2.05, 4.69) is 18.7 Å². The minimum absolute atomic E-state index is 0.789. The van der Waals surface area contributed by atoms with Crippen molar-refractivity contribution in [2.75, 3.05) is 19.6 Å². The van der Waals surface area contributed by atoms with Crippen molar-refractivity contribution in [3.63, 3.8) is 0 Å². The third-order valence-corrected chi connectivity index (χ3v) is 2.60. The van der Waals surface area contributed by atoms with Gasteiger partial charge in [-0.3, -0.25) is 0 Å². The van der Waals surface area contributed by atoms with E-state index in [9.17, 15) is 0 Å². The molecule has 12 heavy (non-hydrogen) atoms. The molecule has 0 aromatic heterocycles. The molecule has 1 aliphatic rings. The van der Waals surface area contributed by atoms with Gasteiger partial charge in [0.05, 0.1) is 0 Å². The Balaban J connectivity index is 2.30. The van der Waals surface area contributed by atoms with Gasteiger partial charge >= 0.3 is 0 Å². The average Bonchev–Trinajstić information content (AvgIpc) is 2.37. The number of hydrogen-bond acceptors (Lipinski definition) is 2. The second kappa shape index (κ2) is 4.83. The molecule has 0 bridgehead atoms. The van der Waals surface area contributed by atoms with Crippen LogP contribution in [0.25, 0.3) is 0 Å². The Kier molecular flexibility index (Phi) is 4.02. The van der Waals surface area contributed by atoms with Gasteiger partial charge in [-0.15, -0.1) is 0 Å². The normalized spacial score (nSPS) is 25.5. The molecule has 0 aromatic carbocycles. The lowest BCUT2D eigenvalue weighted by molar-refractivity contribution is 0.219. The molecule has 2 heteroatoms. The molecule has 1 aliphatic heterocycles. The molecule has 2 N–H and O–H groups in total. The Hall–Kier alpha value is -0.0800. The van der Waals surface area contributed by atoms with Crippen molar-refractivity contribution in [2.24, 2.45) is 11.7 Å². The summed E-state index contributed by atoms with van der Waals surface area (Å²) in [5, 5.41) is 0. The minimum atomic E-state index is 0.789. The second-order valence-corrected chi connectivity index (χ2v) is 4.26. The van der Waals surface area contributed by atoms with Gasteiger partial charge in [-0.05, 0) is 38.3 Å². The van der Waals surface area contributed by atoms with Gasteiger partial charge in [-0.1, -0.05) is 13.8 Å². The van der Waals surface area contributed by atoms with E-state index in [1.807, 2.05) is 0 Å². The van der Waals surface area contributed by atoms with Crippen LogP contribution in [-0.4, -0.2) is 30.6 Å². The molecule has 1 unspecified atom stereocenters. The van der Waals surface area contributed by atoms with Crippen LogP contribution in [0.2, 0.25) is 0 Å². The molecule has 1 heterocycles. The molecular weight excluding hydrogens is 148 g/mol. The SMILES string of the molecule is CC(C)CN1CCCC1CCN. The number of rotatable bonds is 4. The summed E-state index contributed by atoms with van der Waals surface area (Å²) in [7, 11) is 0. The van der Waals surface area contributed by atoms with Crippen LogP contribution in [0.3, 0.4) is 0 Å². The highest BCUT2D eigenvalue weighted by atomic mass is 15.2. The largest absolute Gasteiger partial charge is 0.330 e. The third-order valence-electron chi connectivity index (χ3n) is 2.60. The highest BCUT2D eigenvalue weighted by Gasteiger charge is 2.23. The van der Waals surface area contributed by atoms with Gasteiger partial charge in [0.2, 0.25) is 0 Å². The maximum absolute atomic E-state index is 5.57. The van der Waals surface area contributed by atoms with Crippen LogP contribution < -0.4 is 5.73 Å². The number of nitrogens with zero attached hydrogens (tertiary/aromatic N) is 1. The Bertz CT molecular complexity index is 123. The van der Waals surface area contributed by atoms with Gasteiger partial charge < -0.3 is 10.6 Å². The Morgan fingerprint density at radius 1 is 1.50 bits per heavy atom. The summed E-state index contributed by atoms with van der Waals surface area (Å²) in [4.78, 5) is 2.61. The van der Waals surface area contributed by atoms with Crippen molar-refractivity contribution in [2.45, 2.75) is 39.2 Å². The van der Waals surface area contributed by atoms with E-state index >= 15 is 0 Å². The van der Waals surface area contributed by atoms with Gasteiger partial charge in [0.15, 0.2) is 0 Å². The fourth-order valence-corrected chi connectivity index (χ4v) is 2.12. The van der Waals surface area contributed by atoms with E-state index < -0.39 is 0 Å². The molecule has 0 saturated carbocycles. The monoisotopic (exact) mass is 170 g/mol. The van der Waals surface area contributed by atoms with Crippen LogP contribution in [0.4, 0.5) is 0 Å². The van der Waals surface area contributed by atoms with E-state index in [0.29, 0.717) is 0 Å². The predicted molar refractivity (Wildman–Crippen MR) is 53.1 cm³/mol. The fourth-order valence-electron chi connectivity index (χ4n) is 2.12. The summed E-state index contributed by atoms with van der Waals surface area (Å²) < 4.78 is 0. The number of hydrogen-bond donors (Lipinski definition) is 1. The maximum atomic E-state index is 5.57. The van der Waals surface area contributed by atoms with Crippen molar-refractivity contribution < 1.29 is 0 Å². The fraction of sp³-hybridized carbons (Fsp3) is 1.00. The molecule has 0 aliphatic carbocycles. The first-order chi connectivity index (χ1) is 5.74. The Morgan fingerprint density at radius 2 is 2.25 bits per heavy atom. The maximum Gasteiger partial charge on any atom is 0.0108 e. The van der Waals surface area contributed by atoms with Gasteiger partial charge in [0.25, 0.3) is 0 Å². The van der Waals surface area contributed by atoms with Crippen molar-refractivity contribution in [1.29, 1.82) is 0 Å². The summed E-state index contributed by atoms with van der Waals surface area (Å²) in [6, 6.07) is 0.789. The molecule has 0 aromatic rings. The summed E-state index contributed by atoms with van der Waals surface area (Å²) in [5.41, 5.74) is 5.57. The van der Waals surface area contributed by atoms with Gasteiger partial charge in [0.1, 0.15) is 0 Å². The number of nitrogens with two attached hydrogens (primary N) is 1. The molecular formula is C10H22N2. The molecule has 1 fully saturated rings. The van der Waals surface area contributed by atoms with Crippen LogP contribution in [0.5, 0.6) is 0 Å². The predicted octanol–water partition coefficient (Wildman–Crippen LogP) is 1.46.